The molecule has 2 heteroatoms. The summed E-state index contributed by atoms with van der Waals surface area (Å²) in [6.07, 6.45) is 6.31. The molecule has 94 valence electrons. The monoisotopic (exact) mass is 334 g/mol. The third-order valence-electron chi connectivity index (χ3n) is 16.1. The molecule has 8 atom stereocenters. The van der Waals surface area contributed by atoms with Crippen LogP contribution in [0.15, 0.2) is 0 Å². The first-order valence-electron chi connectivity index (χ1n) is 7.89. The zero-order valence-electron chi connectivity index (χ0n) is 10.2. The zero-order valence-corrected chi connectivity index (χ0v) is 12.9. The Kier molecular flexibility index (Phi) is 0.247. The van der Waals surface area contributed by atoms with E-state index < -0.39 is 6.51 Å². The quantitative estimate of drug-likeness (QED) is 0.355. The average Bonchev–Trinajstić information content (AvgIpc) is 3.25. The summed E-state index contributed by atoms with van der Waals surface area (Å²) in [4.78, 5) is 11.8. The van der Waals surface area contributed by atoms with E-state index in [0.29, 0.717) is 0 Å². The van der Waals surface area contributed by atoms with Crippen LogP contribution in [-0.2, 0) is 6.51 Å². The first kappa shape index (κ1) is 7.14. The second kappa shape index (κ2) is 0.588. The molecule has 1 spiro atoms. The molecule has 10 aliphatic heterocycles. The Morgan fingerprint density at radius 2 is 1.53 bits per heavy atom. The number of halogens is 1. The van der Waals surface area contributed by atoms with Crippen LogP contribution in [0, 0.1) is 0 Å². The summed E-state index contributed by atoms with van der Waals surface area (Å²) in [5.74, 6) is 0. The molecule has 0 aromatic rings. The molecule has 0 saturated carbocycles. The topological polar surface area (TPSA) is 0 Å². The van der Waals surface area contributed by atoms with Gasteiger partial charge in [-0.05, 0) is 0 Å². The van der Waals surface area contributed by atoms with Crippen molar-refractivity contribution in [3.05, 3.63) is 0 Å². The molecule has 8 unspecified atom stereocenters. The molecule has 0 amide bonds. The number of fused-ring (bicyclic) bond motifs is 10. The van der Waals surface area contributed by atoms with Crippen molar-refractivity contribution in [2.24, 2.45) is 0 Å². The fourth-order valence-corrected chi connectivity index (χ4v) is 107. The van der Waals surface area contributed by atoms with Crippen LogP contribution >= 0.6 is 15.9 Å². The van der Waals surface area contributed by atoms with Gasteiger partial charge in [0.05, 0.1) is 0 Å². The Morgan fingerprint density at radius 3 is 1.82 bits per heavy atom. The van der Waals surface area contributed by atoms with Gasteiger partial charge < -0.3 is 0 Å². The average molecular weight is 335 g/mol. The van der Waals surface area contributed by atoms with E-state index in [4.69, 9.17) is 0 Å². The van der Waals surface area contributed by atoms with Gasteiger partial charge in [0.15, 0.2) is 0 Å². The van der Waals surface area contributed by atoms with Gasteiger partial charge in [0.2, 0.25) is 0 Å². The van der Waals surface area contributed by atoms with E-state index in [1.165, 1.54) is 51.4 Å². The molecule has 0 nitrogen and oxygen atoms in total. The van der Waals surface area contributed by atoms with E-state index in [-0.39, 0.29) is 0 Å². The molecule has 10 fully saturated rings. The Bertz CT molecular complexity index is 969. The maximum absolute atomic E-state index is 4.48. The van der Waals surface area contributed by atoms with Crippen molar-refractivity contribution in [3.63, 3.8) is 0 Å². The third kappa shape index (κ3) is 0.0704. The first-order valence-corrected chi connectivity index (χ1v) is 14.9. The normalized spacial score (nSPS) is 124. The summed E-state index contributed by atoms with van der Waals surface area (Å²) in [6.45, 7) is -0.459. The number of hydrogen-bond acceptors (Lipinski definition) is 0. The molecule has 10 aliphatic rings. The molecule has 0 aliphatic carbocycles. The van der Waals surface area contributed by atoms with Gasteiger partial charge in [-0.1, -0.05) is 0 Å². The van der Waals surface area contributed by atoms with Crippen LogP contribution in [0.25, 0.3) is 0 Å². The molecule has 10 saturated heterocycles. The standard InChI is InChI=1S/C10H15.C5H4Br.Fe/c1-2-3-4-7-10-8-5-6-9-10;6-5-3-1-2-4-5;/h5-6,8-9H,2-4,7H2,1H3;1-4H;. The van der Waals surface area contributed by atoms with Crippen molar-refractivity contribution >= 4 is 15.9 Å². The van der Waals surface area contributed by atoms with Gasteiger partial charge in [-0.25, -0.2) is 0 Å². The summed E-state index contributed by atoms with van der Waals surface area (Å²) >= 11 is 4.48. The van der Waals surface area contributed by atoms with Crippen LogP contribution in [0.2, 0.25) is 42.8 Å². The Morgan fingerprint density at radius 1 is 0.941 bits per heavy atom. The second-order valence-electron chi connectivity index (χ2n) is 11.3. The minimum atomic E-state index is -2.84. The Labute approximate surface area is 101 Å². The van der Waals surface area contributed by atoms with Gasteiger partial charge in [-0.3, -0.25) is 0 Å². The van der Waals surface area contributed by atoms with Crippen LogP contribution in [0.5, 0.6) is 0 Å². The van der Waals surface area contributed by atoms with E-state index in [9.17, 15) is 0 Å². The molecule has 10 rings (SSSR count). The Balaban J connectivity index is 1.46. The third-order valence-corrected chi connectivity index (χ3v) is 66.6. The fraction of sp³-hybridized carbons (Fsp3) is 1.00. The molecule has 0 aromatic heterocycles. The second-order valence-corrected chi connectivity index (χ2v) is 36.6. The summed E-state index contributed by atoms with van der Waals surface area (Å²) in [5, 5.41) is 0. The molecule has 0 N–H and O–H groups in total. The van der Waals surface area contributed by atoms with Gasteiger partial charge >= 0.3 is 101 Å². The zero-order chi connectivity index (χ0) is 10.8. The number of rotatable bonds is 4. The predicted octanol–water partition coefficient (Wildman–Crippen LogP) is 5.63. The van der Waals surface area contributed by atoms with Crippen molar-refractivity contribution in [2.45, 2.75) is 78.7 Å². The van der Waals surface area contributed by atoms with Crippen molar-refractivity contribution < 1.29 is 6.51 Å². The van der Waals surface area contributed by atoms with Gasteiger partial charge in [0.25, 0.3) is 0 Å². The van der Waals surface area contributed by atoms with Gasteiger partial charge in [0, 0.05) is 0 Å². The molecule has 10 heterocycles. The summed E-state index contributed by atoms with van der Waals surface area (Å²) < 4.78 is 2.13. The number of unbranched alkanes of at least 4 members (excludes halogenated alkanes) is 2. The van der Waals surface area contributed by atoms with Gasteiger partial charge in [0.1, 0.15) is 0 Å². The summed E-state index contributed by atoms with van der Waals surface area (Å²) in [6, 6.07) is 0. The molecular weight excluding hydrogens is 316 g/mol. The van der Waals surface area contributed by atoms with Crippen LogP contribution in [-0.4, -0.2) is 3.22 Å². The molecule has 17 heavy (non-hydrogen) atoms. The van der Waals surface area contributed by atoms with Gasteiger partial charge in [-0.2, -0.15) is 0 Å². The van der Waals surface area contributed by atoms with E-state index in [1.54, 1.807) is 12.8 Å². The van der Waals surface area contributed by atoms with Crippen molar-refractivity contribution in [1.82, 2.24) is 0 Å². The van der Waals surface area contributed by atoms with E-state index >= 15 is 0 Å². The first-order chi connectivity index (χ1) is 7.99. The van der Waals surface area contributed by atoms with Crippen LogP contribution in [0.4, 0.5) is 0 Å². The molecule has 0 bridgehead atoms. The van der Waals surface area contributed by atoms with E-state index in [2.05, 4.69) is 22.9 Å². The van der Waals surface area contributed by atoms with E-state index in [0.717, 1.165) is 7.54 Å². The van der Waals surface area contributed by atoms with Gasteiger partial charge in [-0.15, -0.1) is 0 Å². The number of alkyl halides is 1. The molecular formula is C15H19BrFe. The van der Waals surface area contributed by atoms with E-state index in [1.807, 2.05) is 0 Å². The van der Waals surface area contributed by atoms with Crippen molar-refractivity contribution in [1.29, 1.82) is 0 Å². The van der Waals surface area contributed by atoms with Crippen molar-refractivity contribution in [3.8, 4) is 0 Å². The number of hydrogen-bond donors (Lipinski definition) is 0. The summed E-state index contributed by atoms with van der Waals surface area (Å²) in [5.41, 5.74) is 0. The molecule has 0 aromatic carbocycles. The van der Waals surface area contributed by atoms with Crippen LogP contribution in [0.3, 0.4) is 0 Å². The minimum absolute atomic E-state index is 0.966. The predicted molar refractivity (Wildman–Crippen MR) is 68.5 cm³/mol. The maximum atomic E-state index is 4.48. The summed E-state index contributed by atoms with van der Waals surface area (Å²) in [7, 11) is 0. The van der Waals surface area contributed by atoms with Crippen LogP contribution in [0.1, 0.15) is 32.6 Å². The Hall–Kier alpha value is 0.999. The molecule has 0 radical (unpaired) electrons. The fourth-order valence-electron chi connectivity index (χ4n) is 18.0. The van der Waals surface area contributed by atoms with Crippen molar-refractivity contribution in [2.75, 3.05) is 0 Å². The van der Waals surface area contributed by atoms with Crippen LogP contribution < -0.4 is 0 Å². The SMILES string of the molecule is CCCCC[C]12[CH]3[CH]4[CH]5[CH]1[Fe]45321678[CH]2[CH]1[CH]6[C]7(Br)[CH]28.